The van der Waals surface area contributed by atoms with Crippen molar-refractivity contribution >= 4 is 43.7 Å². The fourth-order valence-corrected chi connectivity index (χ4v) is 10.6. The fourth-order valence-electron chi connectivity index (χ4n) is 10.6. The number of hydrogen-bond donors (Lipinski definition) is 0. The van der Waals surface area contributed by atoms with Crippen LogP contribution in [-0.4, -0.2) is 4.57 Å². The first kappa shape index (κ1) is 30.9. The summed E-state index contributed by atoms with van der Waals surface area (Å²) < 4.78 is 8.96. The monoisotopic (exact) mass is 723 g/mol. The van der Waals surface area contributed by atoms with Crippen molar-refractivity contribution < 1.29 is 4.42 Å². The summed E-state index contributed by atoms with van der Waals surface area (Å²) in [6.45, 7) is 0. The Bertz CT molecular complexity index is 3460. The van der Waals surface area contributed by atoms with E-state index in [1.165, 1.54) is 83.1 Å². The zero-order valence-electron chi connectivity index (χ0n) is 30.9. The Labute approximate surface area is 329 Å². The molecular formula is C55H33NO. The molecule has 0 amide bonds. The summed E-state index contributed by atoms with van der Waals surface area (Å²) in [5.41, 5.74) is 20.2. The maximum Gasteiger partial charge on any atom is 0.143 e. The number of aromatic nitrogens is 1. The number of benzene rings is 9. The highest BCUT2D eigenvalue weighted by molar-refractivity contribution is 6.15. The van der Waals surface area contributed by atoms with Crippen LogP contribution in [0.2, 0.25) is 0 Å². The molecule has 2 aliphatic carbocycles. The standard InChI is InChI=1S/C55H33NO/c1-2-14-36(15-3-1)56-49-26-10-6-17-40(49)43-33-32-42-39-16-4-8-23-46(39)55(52(42)53(43)56)47-24-9-5-19-45(47)51-37(20-13-25-48(51)55)34-28-30-35(31-29-34)38-21-12-22-44-41-18-7-11-27-50(41)57-54(38)44/h1-33H. The molecule has 2 heterocycles. The Morgan fingerprint density at radius 2 is 0.965 bits per heavy atom. The van der Waals surface area contributed by atoms with Crippen molar-refractivity contribution in [3.63, 3.8) is 0 Å². The predicted molar refractivity (Wildman–Crippen MR) is 235 cm³/mol. The molecule has 2 aromatic heterocycles. The number of para-hydroxylation sites is 4. The first-order valence-electron chi connectivity index (χ1n) is 19.8. The number of nitrogens with zero attached hydrogens (tertiary/aromatic N) is 1. The second-order valence-electron chi connectivity index (χ2n) is 15.5. The Kier molecular flexibility index (Phi) is 6.13. The molecule has 264 valence electrons. The minimum atomic E-state index is -0.523. The van der Waals surface area contributed by atoms with Gasteiger partial charge in [-0.05, 0) is 79.9 Å². The average molecular weight is 724 g/mol. The zero-order chi connectivity index (χ0) is 37.2. The summed E-state index contributed by atoms with van der Waals surface area (Å²) in [5.74, 6) is 0. The zero-order valence-corrected chi connectivity index (χ0v) is 30.9. The van der Waals surface area contributed by atoms with E-state index in [1.807, 2.05) is 6.07 Å². The van der Waals surface area contributed by atoms with E-state index in [2.05, 4.69) is 199 Å². The topological polar surface area (TPSA) is 18.1 Å². The van der Waals surface area contributed by atoms with Gasteiger partial charge in [0.15, 0.2) is 0 Å². The number of rotatable bonds is 3. The van der Waals surface area contributed by atoms with Gasteiger partial charge in [0.1, 0.15) is 11.2 Å². The van der Waals surface area contributed by atoms with E-state index in [4.69, 9.17) is 4.42 Å². The lowest BCUT2D eigenvalue weighted by molar-refractivity contribution is 0.670. The van der Waals surface area contributed by atoms with Crippen molar-refractivity contribution in [2.75, 3.05) is 0 Å². The number of fused-ring (bicyclic) bond motifs is 17. The fraction of sp³-hybridized carbons (Fsp3) is 0.0182. The first-order chi connectivity index (χ1) is 28.3. The lowest BCUT2D eigenvalue weighted by atomic mass is 9.70. The SMILES string of the molecule is c1ccc(-n2c3ccccc3c3ccc4c(c32)C2(c3ccccc3-4)c3ccccc3-c3c(-c4ccc(-c5cccc6c5oc5ccccc56)cc4)cccc32)cc1. The van der Waals surface area contributed by atoms with E-state index < -0.39 is 5.41 Å². The second kappa shape index (κ2) is 11.3. The first-order valence-corrected chi connectivity index (χ1v) is 19.8. The van der Waals surface area contributed by atoms with Crippen LogP contribution in [0.3, 0.4) is 0 Å². The van der Waals surface area contributed by atoms with Crippen LogP contribution in [0.25, 0.3) is 93.9 Å². The van der Waals surface area contributed by atoms with Gasteiger partial charge in [-0.2, -0.15) is 0 Å². The van der Waals surface area contributed by atoms with Crippen LogP contribution in [0.15, 0.2) is 205 Å². The molecule has 2 aliphatic rings. The van der Waals surface area contributed by atoms with E-state index in [9.17, 15) is 0 Å². The van der Waals surface area contributed by atoms with Crippen molar-refractivity contribution in [3.05, 3.63) is 222 Å². The molecule has 0 saturated heterocycles. The van der Waals surface area contributed by atoms with Crippen LogP contribution in [0, 0.1) is 0 Å². The molecule has 2 heteroatoms. The van der Waals surface area contributed by atoms with Gasteiger partial charge in [0.2, 0.25) is 0 Å². The second-order valence-corrected chi connectivity index (χ2v) is 15.5. The van der Waals surface area contributed by atoms with E-state index in [0.717, 1.165) is 33.1 Å². The molecule has 1 unspecified atom stereocenters. The molecule has 13 rings (SSSR count). The van der Waals surface area contributed by atoms with Crippen molar-refractivity contribution in [3.8, 4) is 50.2 Å². The lowest BCUT2D eigenvalue weighted by Gasteiger charge is -2.31. The van der Waals surface area contributed by atoms with Crippen molar-refractivity contribution in [2.45, 2.75) is 5.41 Å². The Hall–Kier alpha value is -7.42. The van der Waals surface area contributed by atoms with Gasteiger partial charge in [-0.15, -0.1) is 0 Å². The van der Waals surface area contributed by atoms with Crippen molar-refractivity contribution in [1.29, 1.82) is 0 Å². The van der Waals surface area contributed by atoms with Gasteiger partial charge in [-0.1, -0.05) is 176 Å². The maximum atomic E-state index is 6.45. The molecule has 0 saturated carbocycles. The van der Waals surface area contributed by atoms with Gasteiger partial charge in [0.25, 0.3) is 0 Å². The largest absolute Gasteiger partial charge is 0.455 e. The molecule has 0 N–H and O–H groups in total. The van der Waals surface area contributed by atoms with Crippen LogP contribution in [0.4, 0.5) is 0 Å². The molecule has 0 fully saturated rings. The molecule has 57 heavy (non-hydrogen) atoms. The molecule has 1 spiro atoms. The molecule has 0 bridgehead atoms. The Balaban J connectivity index is 1.09. The smallest absolute Gasteiger partial charge is 0.143 e. The molecule has 0 aliphatic heterocycles. The van der Waals surface area contributed by atoms with Crippen LogP contribution >= 0.6 is 0 Å². The summed E-state index contributed by atoms with van der Waals surface area (Å²) in [6, 6.07) is 73.7. The van der Waals surface area contributed by atoms with E-state index in [0.29, 0.717) is 0 Å². The predicted octanol–water partition coefficient (Wildman–Crippen LogP) is 14.4. The number of furan rings is 1. The average Bonchev–Trinajstić information content (AvgIpc) is 4.00. The van der Waals surface area contributed by atoms with E-state index in [-0.39, 0.29) is 0 Å². The van der Waals surface area contributed by atoms with Gasteiger partial charge in [0.05, 0.1) is 16.4 Å². The van der Waals surface area contributed by atoms with E-state index in [1.54, 1.807) is 0 Å². The normalized spacial score (nSPS) is 15.1. The minimum Gasteiger partial charge on any atom is -0.455 e. The Morgan fingerprint density at radius 3 is 1.81 bits per heavy atom. The number of hydrogen-bond acceptors (Lipinski definition) is 1. The molecular weight excluding hydrogens is 691 g/mol. The lowest BCUT2D eigenvalue weighted by Crippen LogP contribution is -2.26. The molecule has 11 aromatic rings. The third-order valence-electron chi connectivity index (χ3n) is 12.8. The summed E-state index contributed by atoms with van der Waals surface area (Å²) in [5, 5.41) is 4.84. The quantitative estimate of drug-likeness (QED) is 0.177. The van der Waals surface area contributed by atoms with Gasteiger partial charge in [-0.25, -0.2) is 0 Å². The molecule has 9 aromatic carbocycles. The van der Waals surface area contributed by atoms with Gasteiger partial charge >= 0.3 is 0 Å². The summed E-state index contributed by atoms with van der Waals surface area (Å²) in [6.07, 6.45) is 0. The minimum absolute atomic E-state index is 0.523. The summed E-state index contributed by atoms with van der Waals surface area (Å²) >= 11 is 0. The molecule has 0 radical (unpaired) electrons. The third kappa shape index (κ3) is 3.94. The summed E-state index contributed by atoms with van der Waals surface area (Å²) in [4.78, 5) is 0. The van der Waals surface area contributed by atoms with Crippen LogP contribution in [0.1, 0.15) is 22.3 Å². The highest BCUT2D eigenvalue weighted by Gasteiger charge is 2.53. The highest BCUT2D eigenvalue weighted by Crippen LogP contribution is 2.65. The van der Waals surface area contributed by atoms with Crippen LogP contribution < -0.4 is 0 Å². The van der Waals surface area contributed by atoms with Gasteiger partial charge in [-0.3, -0.25) is 0 Å². The molecule has 1 atom stereocenters. The maximum absolute atomic E-state index is 6.45. The van der Waals surface area contributed by atoms with E-state index >= 15 is 0 Å². The van der Waals surface area contributed by atoms with Crippen molar-refractivity contribution in [2.24, 2.45) is 0 Å². The summed E-state index contributed by atoms with van der Waals surface area (Å²) in [7, 11) is 0. The third-order valence-corrected chi connectivity index (χ3v) is 12.8. The highest BCUT2D eigenvalue weighted by atomic mass is 16.3. The molecule has 2 nitrogen and oxygen atoms in total. The van der Waals surface area contributed by atoms with Crippen LogP contribution in [-0.2, 0) is 5.41 Å². The van der Waals surface area contributed by atoms with Crippen molar-refractivity contribution in [1.82, 2.24) is 4.57 Å². The Morgan fingerprint density at radius 1 is 0.368 bits per heavy atom. The van der Waals surface area contributed by atoms with Gasteiger partial charge < -0.3 is 8.98 Å². The van der Waals surface area contributed by atoms with Gasteiger partial charge in [0, 0.05) is 38.4 Å². The van der Waals surface area contributed by atoms with Crippen LogP contribution in [0.5, 0.6) is 0 Å².